The largest absolute Gasteiger partial charge is 0.482 e. The number of rotatable bonds is 8. The summed E-state index contributed by atoms with van der Waals surface area (Å²) in [6.07, 6.45) is -0.419. The predicted octanol–water partition coefficient (Wildman–Crippen LogP) is 7.41. The minimum absolute atomic E-state index is 0.0125. The lowest BCUT2D eigenvalue weighted by atomic mass is 10.1. The van der Waals surface area contributed by atoms with E-state index in [1.807, 2.05) is 0 Å². The number of hydrogen-bond acceptors (Lipinski definition) is 7. The fraction of sp³-hybridized carbons (Fsp3) is 0.227. The SMILES string of the molecule is Cc1c(C(N)=O)sc(NC(=O)c2ccc(COc3c(Cl)c(Cl)c(Cl)c(Cl)c3Cl)o2)c1C(=O)OC(C)C. The summed E-state index contributed by atoms with van der Waals surface area (Å²) in [5, 5.41) is 2.50. The van der Waals surface area contributed by atoms with Crippen LogP contribution in [0.15, 0.2) is 16.5 Å². The molecule has 0 aliphatic heterocycles. The van der Waals surface area contributed by atoms with Gasteiger partial charge >= 0.3 is 5.97 Å². The van der Waals surface area contributed by atoms with Crippen LogP contribution in [-0.2, 0) is 11.3 Å². The Hall–Kier alpha value is -2.14. The van der Waals surface area contributed by atoms with Gasteiger partial charge in [0.15, 0.2) is 11.5 Å². The van der Waals surface area contributed by atoms with E-state index in [9.17, 15) is 14.4 Å². The third kappa shape index (κ3) is 5.88. The number of nitrogens with one attached hydrogen (secondary N) is 1. The van der Waals surface area contributed by atoms with Gasteiger partial charge in [0, 0.05) is 0 Å². The van der Waals surface area contributed by atoms with Crippen LogP contribution in [0.5, 0.6) is 5.75 Å². The normalized spacial score (nSPS) is 11.0. The lowest BCUT2D eigenvalue weighted by molar-refractivity contribution is 0.0379. The third-order valence-corrected chi connectivity index (χ3v) is 8.02. The average molecular weight is 615 g/mol. The molecule has 192 valence electrons. The number of amides is 2. The second-order valence-electron chi connectivity index (χ2n) is 7.49. The number of halogens is 5. The van der Waals surface area contributed by atoms with Gasteiger partial charge in [0.2, 0.25) is 0 Å². The number of furan rings is 1. The van der Waals surface area contributed by atoms with E-state index >= 15 is 0 Å². The topological polar surface area (TPSA) is 121 Å². The Labute approximate surface area is 234 Å². The average Bonchev–Trinajstić information content (AvgIpc) is 3.40. The smallest absolute Gasteiger partial charge is 0.341 e. The first-order valence-corrected chi connectivity index (χ1v) is 12.7. The molecule has 14 heteroatoms. The lowest BCUT2D eigenvalue weighted by Gasteiger charge is -2.12. The van der Waals surface area contributed by atoms with Crippen LogP contribution < -0.4 is 15.8 Å². The van der Waals surface area contributed by atoms with Crippen LogP contribution in [0.4, 0.5) is 5.00 Å². The molecule has 8 nitrogen and oxygen atoms in total. The summed E-state index contributed by atoms with van der Waals surface area (Å²) >= 11 is 31.2. The predicted molar refractivity (Wildman–Crippen MR) is 141 cm³/mol. The molecule has 3 aromatic rings. The van der Waals surface area contributed by atoms with Crippen LogP contribution in [0.25, 0.3) is 0 Å². The standard InChI is InChI=1S/C22H17Cl5N2O6S/c1-7(2)34-22(32)11-8(3)18(19(28)30)36-21(11)29-20(31)10-5-4-9(35-10)6-33-17-15(26)13(24)12(23)14(25)16(17)27/h4-5,7H,6H2,1-3H3,(H2,28,30)(H,29,31). The first-order chi connectivity index (χ1) is 16.8. The molecule has 0 radical (unpaired) electrons. The molecule has 0 spiro atoms. The van der Waals surface area contributed by atoms with E-state index < -0.39 is 23.9 Å². The zero-order valence-corrected chi connectivity index (χ0v) is 23.4. The second-order valence-corrected chi connectivity index (χ2v) is 10.4. The first kappa shape index (κ1) is 28.4. The minimum atomic E-state index is -0.742. The van der Waals surface area contributed by atoms with Crippen molar-refractivity contribution in [2.75, 3.05) is 5.32 Å². The quantitative estimate of drug-likeness (QED) is 0.155. The molecule has 2 amide bonds. The highest BCUT2D eigenvalue weighted by molar-refractivity contribution is 7.18. The van der Waals surface area contributed by atoms with Crippen molar-refractivity contribution in [2.24, 2.45) is 5.73 Å². The molecule has 0 saturated heterocycles. The van der Waals surface area contributed by atoms with Crippen molar-refractivity contribution in [1.82, 2.24) is 0 Å². The molecule has 3 rings (SSSR count). The molecule has 0 bridgehead atoms. The van der Waals surface area contributed by atoms with Gasteiger partial charge in [0.1, 0.15) is 27.4 Å². The zero-order valence-electron chi connectivity index (χ0n) is 18.8. The highest BCUT2D eigenvalue weighted by Crippen LogP contribution is 2.48. The minimum Gasteiger partial charge on any atom is -0.482 e. The van der Waals surface area contributed by atoms with Crippen LogP contribution in [0.2, 0.25) is 25.1 Å². The van der Waals surface area contributed by atoms with Crippen LogP contribution in [0.3, 0.4) is 0 Å². The number of primary amides is 1. The van der Waals surface area contributed by atoms with Crippen LogP contribution >= 0.6 is 69.3 Å². The van der Waals surface area contributed by atoms with Crippen molar-refractivity contribution in [3.8, 4) is 5.75 Å². The van der Waals surface area contributed by atoms with Gasteiger partial charge in [0.05, 0.1) is 31.6 Å². The molecule has 1 aromatic carbocycles. The molecule has 0 aliphatic carbocycles. The number of carbonyl (C=O) groups excluding carboxylic acids is 3. The highest BCUT2D eigenvalue weighted by Gasteiger charge is 2.27. The lowest BCUT2D eigenvalue weighted by Crippen LogP contribution is -2.17. The van der Waals surface area contributed by atoms with Crippen LogP contribution in [0.1, 0.15) is 55.8 Å². The Bertz CT molecular complexity index is 1340. The molecule has 0 atom stereocenters. The summed E-state index contributed by atoms with van der Waals surface area (Å²) in [6.45, 7) is 4.70. The van der Waals surface area contributed by atoms with Crippen molar-refractivity contribution in [3.05, 3.63) is 64.8 Å². The van der Waals surface area contributed by atoms with Gasteiger partial charge in [-0.3, -0.25) is 9.59 Å². The van der Waals surface area contributed by atoms with Gasteiger partial charge < -0.3 is 24.9 Å². The highest BCUT2D eigenvalue weighted by atomic mass is 35.5. The van der Waals surface area contributed by atoms with E-state index in [-0.39, 0.29) is 64.4 Å². The fourth-order valence-electron chi connectivity index (χ4n) is 2.95. The molecular weight excluding hydrogens is 598 g/mol. The second kappa shape index (κ2) is 11.5. The molecule has 3 N–H and O–H groups in total. The molecule has 2 heterocycles. The van der Waals surface area contributed by atoms with Gasteiger partial charge in [-0.15, -0.1) is 11.3 Å². The molecule has 2 aromatic heterocycles. The van der Waals surface area contributed by atoms with Crippen molar-refractivity contribution in [3.63, 3.8) is 0 Å². The summed E-state index contributed by atoms with van der Waals surface area (Å²) < 4.78 is 16.4. The molecule has 0 fully saturated rings. The fourth-order valence-corrected chi connectivity index (χ4v) is 5.22. The van der Waals surface area contributed by atoms with Crippen LogP contribution in [-0.4, -0.2) is 23.9 Å². The van der Waals surface area contributed by atoms with Gasteiger partial charge in [-0.1, -0.05) is 58.0 Å². The number of esters is 1. The van der Waals surface area contributed by atoms with Crippen LogP contribution in [0, 0.1) is 6.92 Å². The number of hydrogen-bond donors (Lipinski definition) is 2. The number of benzene rings is 1. The van der Waals surface area contributed by atoms with E-state index in [4.69, 9.17) is 77.6 Å². The van der Waals surface area contributed by atoms with E-state index in [1.165, 1.54) is 19.1 Å². The number of anilines is 1. The summed E-state index contributed by atoms with van der Waals surface area (Å²) in [7, 11) is 0. The zero-order chi connectivity index (χ0) is 26.9. The maximum absolute atomic E-state index is 12.8. The number of nitrogens with two attached hydrogens (primary N) is 1. The Morgan fingerprint density at radius 1 is 1.03 bits per heavy atom. The Balaban J connectivity index is 1.80. The van der Waals surface area contributed by atoms with E-state index in [0.717, 1.165) is 11.3 Å². The van der Waals surface area contributed by atoms with Crippen molar-refractivity contribution >= 4 is 92.1 Å². The number of ether oxygens (including phenoxy) is 2. The molecule has 0 aliphatic rings. The maximum Gasteiger partial charge on any atom is 0.341 e. The van der Waals surface area contributed by atoms with E-state index in [0.29, 0.717) is 5.56 Å². The van der Waals surface area contributed by atoms with Gasteiger partial charge in [-0.25, -0.2) is 4.79 Å². The molecule has 0 unspecified atom stereocenters. The summed E-state index contributed by atoms with van der Waals surface area (Å²) in [6, 6.07) is 2.87. The third-order valence-electron chi connectivity index (χ3n) is 4.56. The monoisotopic (exact) mass is 612 g/mol. The summed E-state index contributed by atoms with van der Waals surface area (Å²) in [4.78, 5) is 37.3. The Morgan fingerprint density at radius 2 is 1.61 bits per heavy atom. The Morgan fingerprint density at radius 3 is 2.17 bits per heavy atom. The van der Waals surface area contributed by atoms with Crippen molar-refractivity contribution in [1.29, 1.82) is 0 Å². The van der Waals surface area contributed by atoms with Gasteiger partial charge in [0.25, 0.3) is 11.8 Å². The Kier molecular flexibility index (Phi) is 9.08. The molecule has 0 saturated carbocycles. The number of thiophene rings is 1. The van der Waals surface area contributed by atoms with E-state index in [1.54, 1.807) is 13.8 Å². The van der Waals surface area contributed by atoms with Crippen molar-refractivity contribution in [2.45, 2.75) is 33.5 Å². The first-order valence-electron chi connectivity index (χ1n) is 10.0. The van der Waals surface area contributed by atoms with Gasteiger partial charge in [-0.05, 0) is 38.5 Å². The number of carbonyl (C=O) groups is 3. The summed E-state index contributed by atoms with van der Waals surface area (Å²) in [5.41, 5.74) is 5.74. The van der Waals surface area contributed by atoms with Crippen molar-refractivity contribution < 1.29 is 28.3 Å². The molecular formula is C22H17Cl5N2O6S. The molecule has 36 heavy (non-hydrogen) atoms. The summed E-state index contributed by atoms with van der Waals surface area (Å²) in [5.74, 6) is -2.02. The maximum atomic E-state index is 12.8. The van der Waals surface area contributed by atoms with E-state index in [2.05, 4.69) is 5.32 Å². The van der Waals surface area contributed by atoms with Gasteiger partial charge in [-0.2, -0.15) is 0 Å².